The zero-order valence-corrected chi connectivity index (χ0v) is 14.2. The smallest absolute Gasteiger partial charge is 0.260 e. The third kappa shape index (κ3) is 2.90. The number of aliphatic hydroxyl groups is 1. The molecule has 3 aromatic rings. The van der Waals surface area contributed by atoms with Crippen LogP contribution >= 0.6 is 0 Å². The van der Waals surface area contributed by atoms with Crippen LogP contribution in [0.1, 0.15) is 5.56 Å². The molecule has 4 rings (SSSR count). The molecule has 6 nitrogen and oxygen atoms in total. The number of nitrogens with one attached hydrogen (secondary N) is 1. The fraction of sp³-hybridized carbons (Fsp3) is 0.263. The van der Waals surface area contributed by atoms with Crippen molar-refractivity contribution >= 4 is 22.5 Å². The molecule has 26 heavy (non-hydrogen) atoms. The first-order valence-corrected chi connectivity index (χ1v) is 8.54. The second-order valence-electron chi connectivity index (χ2n) is 6.29. The van der Waals surface area contributed by atoms with Crippen molar-refractivity contribution in [1.82, 2.24) is 9.97 Å². The Morgan fingerprint density at radius 3 is 2.50 bits per heavy atom. The zero-order chi connectivity index (χ0) is 18.1. The van der Waals surface area contributed by atoms with Gasteiger partial charge in [0.25, 0.3) is 5.56 Å². The minimum Gasteiger partial charge on any atom is -0.392 e. The van der Waals surface area contributed by atoms with Gasteiger partial charge in [-0.15, -0.1) is 0 Å². The van der Waals surface area contributed by atoms with E-state index in [-0.39, 0.29) is 18.0 Å². The van der Waals surface area contributed by atoms with Gasteiger partial charge in [0.05, 0.1) is 23.2 Å². The Kier molecular flexibility index (Phi) is 4.30. The number of H-pyrrole nitrogens is 1. The van der Waals surface area contributed by atoms with Crippen LogP contribution in [0, 0.1) is 5.82 Å². The largest absolute Gasteiger partial charge is 0.392 e. The SMILES string of the molecule is O=c1[nH]c(N2CCN(c3ccccc3F)CC2)nc2c(CO)cccc12. The lowest BCUT2D eigenvalue weighted by molar-refractivity contribution is 0.283. The molecule has 7 heteroatoms. The van der Waals surface area contributed by atoms with E-state index >= 15 is 0 Å². The average molecular weight is 354 g/mol. The topological polar surface area (TPSA) is 72.5 Å². The highest BCUT2D eigenvalue weighted by atomic mass is 19.1. The summed E-state index contributed by atoms with van der Waals surface area (Å²) in [5, 5.41) is 9.97. The molecule has 0 saturated carbocycles. The van der Waals surface area contributed by atoms with Gasteiger partial charge in [-0.2, -0.15) is 0 Å². The molecule has 1 saturated heterocycles. The number of aliphatic hydroxyl groups excluding tert-OH is 1. The summed E-state index contributed by atoms with van der Waals surface area (Å²) in [7, 11) is 0. The van der Waals surface area contributed by atoms with Gasteiger partial charge in [0.15, 0.2) is 0 Å². The molecule has 0 unspecified atom stereocenters. The Morgan fingerprint density at radius 2 is 1.77 bits per heavy atom. The van der Waals surface area contributed by atoms with Crippen molar-refractivity contribution in [3.63, 3.8) is 0 Å². The molecule has 0 radical (unpaired) electrons. The molecular formula is C19H19FN4O2. The number of hydrogen-bond acceptors (Lipinski definition) is 5. The summed E-state index contributed by atoms with van der Waals surface area (Å²) in [5.74, 6) is 0.252. The van der Waals surface area contributed by atoms with Gasteiger partial charge in [0, 0.05) is 31.7 Å². The van der Waals surface area contributed by atoms with Crippen LogP contribution < -0.4 is 15.4 Å². The number of fused-ring (bicyclic) bond motifs is 1. The molecule has 2 heterocycles. The monoisotopic (exact) mass is 354 g/mol. The molecule has 0 bridgehead atoms. The third-order valence-corrected chi connectivity index (χ3v) is 4.75. The van der Waals surface area contributed by atoms with Crippen LogP contribution in [-0.4, -0.2) is 41.3 Å². The van der Waals surface area contributed by atoms with E-state index in [1.165, 1.54) is 6.07 Å². The fourth-order valence-electron chi connectivity index (χ4n) is 3.35. The molecular weight excluding hydrogens is 335 g/mol. The highest BCUT2D eigenvalue weighted by Crippen LogP contribution is 2.22. The van der Waals surface area contributed by atoms with Crippen molar-refractivity contribution in [2.45, 2.75) is 6.61 Å². The third-order valence-electron chi connectivity index (χ3n) is 4.75. The number of benzene rings is 2. The van der Waals surface area contributed by atoms with Gasteiger partial charge in [-0.25, -0.2) is 9.37 Å². The molecule has 1 aliphatic heterocycles. The molecule has 134 valence electrons. The van der Waals surface area contributed by atoms with Gasteiger partial charge in [-0.05, 0) is 18.2 Å². The van der Waals surface area contributed by atoms with Gasteiger partial charge in [0.1, 0.15) is 5.82 Å². The van der Waals surface area contributed by atoms with Crippen LogP contribution in [-0.2, 0) is 6.61 Å². The molecule has 0 amide bonds. The number of anilines is 2. The van der Waals surface area contributed by atoms with Crippen molar-refractivity contribution in [2.24, 2.45) is 0 Å². The molecule has 0 aliphatic carbocycles. The quantitative estimate of drug-likeness (QED) is 0.751. The second-order valence-corrected chi connectivity index (χ2v) is 6.29. The Balaban J connectivity index is 1.60. The van der Waals surface area contributed by atoms with Crippen molar-refractivity contribution in [3.05, 3.63) is 64.2 Å². The predicted molar refractivity (Wildman–Crippen MR) is 99.1 cm³/mol. The van der Waals surface area contributed by atoms with Crippen molar-refractivity contribution in [1.29, 1.82) is 0 Å². The van der Waals surface area contributed by atoms with E-state index in [1.807, 2.05) is 15.9 Å². The zero-order valence-electron chi connectivity index (χ0n) is 14.2. The summed E-state index contributed by atoms with van der Waals surface area (Å²) in [6.45, 7) is 2.32. The van der Waals surface area contributed by atoms with Crippen LogP contribution in [0.3, 0.4) is 0 Å². The number of rotatable bonds is 3. The molecule has 2 aromatic carbocycles. The van der Waals surface area contributed by atoms with Crippen LogP contribution in [0.4, 0.5) is 16.0 Å². The summed E-state index contributed by atoms with van der Waals surface area (Å²) >= 11 is 0. The minimum absolute atomic E-state index is 0.172. The van der Waals surface area contributed by atoms with Crippen molar-refractivity contribution in [2.75, 3.05) is 36.0 Å². The van der Waals surface area contributed by atoms with Gasteiger partial charge < -0.3 is 14.9 Å². The summed E-state index contributed by atoms with van der Waals surface area (Å²) in [6, 6.07) is 11.9. The highest BCUT2D eigenvalue weighted by molar-refractivity contribution is 5.81. The summed E-state index contributed by atoms with van der Waals surface area (Å²) in [5.41, 5.74) is 1.51. The van der Waals surface area contributed by atoms with Crippen LogP contribution in [0.15, 0.2) is 47.3 Å². The number of hydrogen-bond donors (Lipinski definition) is 2. The lowest BCUT2D eigenvalue weighted by Crippen LogP contribution is -2.47. The summed E-state index contributed by atoms with van der Waals surface area (Å²) < 4.78 is 14.0. The van der Waals surface area contributed by atoms with Crippen LogP contribution in [0.5, 0.6) is 0 Å². The first-order chi connectivity index (χ1) is 12.7. The van der Waals surface area contributed by atoms with Gasteiger partial charge in [-0.1, -0.05) is 24.3 Å². The molecule has 1 aliphatic rings. The Bertz CT molecular complexity index is 996. The van der Waals surface area contributed by atoms with Gasteiger partial charge >= 0.3 is 0 Å². The number of aromatic nitrogens is 2. The maximum atomic E-state index is 14.0. The van der Waals surface area contributed by atoms with E-state index < -0.39 is 0 Å². The molecule has 1 aromatic heterocycles. The molecule has 1 fully saturated rings. The van der Waals surface area contributed by atoms with Crippen LogP contribution in [0.25, 0.3) is 10.9 Å². The fourth-order valence-corrected chi connectivity index (χ4v) is 3.35. The number of piperazine rings is 1. The molecule has 2 N–H and O–H groups in total. The van der Waals surface area contributed by atoms with E-state index in [0.29, 0.717) is 54.3 Å². The second kappa shape index (κ2) is 6.76. The standard InChI is InChI=1S/C19H19FN4O2/c20-15-6-1-2-7-16(15)23-8-10-24(11-9-23)19-21-17-13(12-25)4-3-5-14(17)18(26)22-19/h1-7,25H,8-12H2,(H,21,22,26). The number of halogens is 1. The van der Waals surface area contributed by atoms with Gasteiger partial charge in [0.2, 0.25) is 5.95 Å². The normalized spacial score (nSPS) is 14.8. The van der Waals surface area contributed by atoms with Crippen LogP contribution in [0.2, 0.25) is 0 Å². The Morgan fingerprint density at radius 1 is 1.04 bits per heavy atom. The first kappa shape index (κ1) is 16.5. The lowest BCUT2D eigenvalue weighted by Gasteiger charge is -2.36. The van der Waals surface area contributed by atoms with Crippen molar-refractivity contribution in [3.8, 4) is 0 Å². The lowest BCUT2D eigenvalue weighted by atomic mass is 10.1. The van der Waals surface area contributed by atoms with E-state index in [0.717, 1.165) is 0 Å². The Hall–Kier alpha value is -2.93. The number of aromatic amines is 1. The summed E-state index contributed by atoms with van der Waals surface area (Å²) in [4.78, 5) is 23.7. The highest BCUT2D eigenvalue weighted by Gasteiger charge is 2.21. The van der Waals surface area contributed by atoms with E-state index in [4.69, 9.17) is 0 Å². The summed E-state index contributed by atoms with van der Waals surface area (Å²) in [6.07, 6.45) is 0. The maximum Gasteiger partial charge on any atom is 0.260 e. The average Bonchev–Trinajstić information content (AvgIpc) is 2.68. The predicted octanol–water partition coefficient (Wildman–Crippen LogP) is 1.88. The molecule has 0 spiro atoms. The van der Waals surface area contributed by atoms with Gasteiger partial charge in [-0.3, -0.25) is 9.78 Å². The first-order valence-electron chi connectivity index (χ1n) is 8.54. The minimum atomic E-state index is -0.231. The molecule has 0 atom stereocenters. The van der Waals surface area contributed by atoms with E-state index in [2.05, 4.69) is 9.97 Å². The van der Waals surface area contributed by atoms with E-state index in [9.17, 15) is 14.3 Å². The van der Waals surface area contributed by atoms with E-state index in [1.54, 1.807) is 30.3 Å². The number of nitrogens with zero attached hydrogens (tertiary/aromatic N) is 3. The van der Waals surface area contributed by atoms with Crippen molar-refractivity contribution < 1.29 is 9.50 Å². The Labute approximate surface area is 149 Å². The maximum absolute atomic E-state index is 14.0. The number of para-hydroxylation sites is 2.